The molecule has 2 rings (SSSR count). The van der Waals surface area contributed by atoms with E-state index in [0.29, 0.717) is 5.75 Å². The first kappa shape index (κ1) is 24.2. The minimum atomic E-state index is -0.961. The maximum atomic E-state index is 14.7. The fourth-order valence-electron chi connectivity index (χ4n) is 2.81. The molecule has 2 aromatic rings. The van der Waals surface area contributed by atoms with Gasteiger partial charge in [0, 0.05) is 5.56 Å². The van der Waals surface area contributed by atoms with E-state index in [-0.39, 0.29) is 5.56 Å². The normalized spacial score (nSPS) is 14.2. The SMILES string of the molecule is Cc1ccc([C@@H](Oc2ccccc2)[C@H](C)OC(=O)[C@H](C)NC(=O)OC(C)(C)C)c(F)c1. The van der Waals surface area contributed by atoms with Crippen molar-refractivity contribution in [2.75, 3.05) is 0 Å². The van der Waals surface area contributed by atoms with Gasteiger partial charge in [0.25, 0.3) is 0 Å². The summed E-state index contributed by atoms with van der Waals surface area (Å²) in [7, 11) is 0. The molecule has 6 nitrogen and oxygen atoms in total. The Morgan fingerprint density at radius 1 is 1.03 bits per heavy atom. The third-order valence-corrected chi connectivity index (χ3v) is 4.28. The molecule has 0 unspecified atom stereocenters. The maximum absolute atomic E-state index is 14.7. The summed E-state index contributed by atoms with van der Waals surface area (Å²) in [5.41, 5.74) is 0.334. The quantitative estimate of drug-likeness (QED) is 0.618. The van der Waals surface area contributed by atoms with Gasteiger partial charge in [-0.3, -0.25) is 0 Å². The highest BCUT2D eigenvalue weighted by atomic mass is 19.1. The van der Waals surface area contributed by atoms with Crippen LogP contribution >= 0.6 is 0 Å². The van der Waals surface area contributed by atoms with Crippen molar-refractivity contribution in [2.24, 2.45) is 0 Å². The Hall–Kier alpha value is -3.09. The Kier molecular flexibility index (Phi) is 8.02. The second kappa shape index (κ2) is 10.3. The average molecular weight is 432 g/mol. The molecule has 0 saturated carbocycles. The maximum Gasteiger partial charge on any atom is 0.408 e. The number of esters is 1. The van der Waals surface area contributed by atoms with Gasteiger partial charge in [-0.25, -0.2) is 14.0 Å². The number of hydrogen-bond donors (Lipinski definition) is 1. The fraction of sp³-hybridized carbons (Fsp3) is 0.417. The molecule has 0 bridgehead atoms. The second-order valence-corrected chi connectivity index (χ2v) is 8.39. The molecule has 3 atom stereocenters. The fourth-order valence-corrected chi connectivity index (χ4v) is 2.81. The third-order valence-electron chi connectivity index (χ3n) is 4.28. The largest absolute Gasteiger partial charge is 0.482 e. The lowest BCUT2D eigenvalue weighted by Gasteiger charge is -2.27. The number of amides is 1. The molecular formula is C24H30FNO5. The molecule has 0 heterocycles. The number of nitrogens with one attached hydrogen (secondary N) is 1. The van der Waals surface area contributed by atoms with Gasteiger partial charge in [-0.2, -0.15) is 0 Å². The number of aryl methyl sites for hydroxylation is 1. The number of para-hydroxylation sites is 1. The highest BCUT2D eigenvalue weighted by Gasteiger charge is 2.30. The van der Waals surface area contributed by atoms with E-state index in [1.807, 2.05) is 6.07 Å². The summed E-state index contributed by atoms with van der Waals surface area (Å²) < 4.78 is 31.3. The molecule has 0 spiro atoms. The summed E-state index contributed by atoms with van der Waals surface area (Å²) in [6.45, 7) is 10.1. The van der Waals surface area contributed by atoms with Crippen LogP contribution in [0.15, 0.2) is 48.5 Å². The summed E-state index contributed by atoms with van der Waals surface area (Å²) in [6, 6.07) is 12.7. The van der Waals surface area contributed by atoms with Crippen LogP contribution in [0.25, 0.3) is 0 Å². The van der Waals surface area contributed by atoms with E-state index >= 15 is 0 Å². The van der Waals surface area contributed by atoms with Crippen molar-refractivity contribution in [3.05, 3.63) is 65.5 Å². The van der Waals surface area contributed by atoms with Gasteiger partial charge >= 0.3 is 12.1 Å². The van der Waals surface area contributed by atoms with Crippen molar-refractivity contribution in [1.82, 2.24) is 5.32 Å². The molecule has 31 heavy (non-hydrogen) atoms. The molecular weight excluding hydrogens is 401 g/mol. The molecule has 0 aliphatic rings. The molecule has 1 N–H and O–H groups in total. The Bertz CT molecular complexity index is 895. The lowest BCUT2D eigenvalue weighted by molar-refractivity contribution is -0.155. The van der Waals surface area contributed by atoms with Crippen LogP contribution in [0.4, 0.5) is 9.18 Å². The van der Waals surface area contributed by atoms with Crippen LogP contribution in [-0.4, -0.2) is 29.8 Å². The third kappa shape index (κ3) is 7.59. The topological polar surface area (TPSA) is 73.9 Å². The van der Waals surface area contributed by atoms with Crippen molar-refractivity contribution in [2.45, 2.75) is 65.4 Å². The van der Waals surface area contributed by atoms with Crippen LogP contribution < -0.4 is 10.1 Å². The van der Waals surface area contributed by atoms with Crippen molar-refractivity contribution in [1.29, 1.82) is 0 Å². The smallest absolute Gasteiger partial charge is 0.408 e. The van der Waals surface area contributed by atoms with Crippen LogP contribution in [-0.2, 0) is 14.3 Å². The molecule has 0 radical (unpaired) electrons. The zero-order chi connectivity index (χ0) is 23.2. The lowest BCUT2D eigenvalue weighted by atomic mass is 10.0. The molecule has 0 aliphatic heterocycles. The van der Waals surface area contributed by atoms with Crippen molar-refractivity contribution >= 4 is 12.1 Å². The van der Waals surface area contributed by atoms with Gasteiger partial charge in [-0.15, -0.1) is 0 Å². The van der Waals surface area contributed by atoms with Crippen LogP contribution in [0.2, 0.25) is 0 Å². The molecule has 0 aromatic heterocycles. The number of carbonyl (C=O) groups excluding carboxylic acids is 2. The van der Waals surface area contributed by atoms with Gasteiger partial charge in [0.15, 0.2) is 6.10 Å². The summed E-state index contributed by atoms with van der Waals surface area (Å²) in [4.78, 5) is 24.5. The Labute approximate surface area is 182 Å². The van der Waals surface area contributed by atoms with Gasteiger partial charge in [0.05, 0.1) is 0 Å². The zero-order valence-corrected chi connectivity index (χ0v) is 18.8. The van der Waals surface area contributed by atoms with Crippen molar-refractivity contribution in [3.63, 3.8) is 0 Å². The predicted octanol–water partition coefficient (Wildman–Crippen LogP) is 5.10. The van der Waals surface area contributed by atoms with Gasteiger partial charge in [0.2, 0.25) is 0 Å². The van der Waals surface area contributed by atoms with Crippen molar-refractivity contribution in [3.8, 4) is 5.75 Å². The number of rotatable bonds is 7. The summed E-state index contributed by atoms with van der Waals surface area (Å²) >= 11 is 0. The van der Waals surface area contributed by atoms with E-state index in [1.54, 1.807) is 71.0 Å². The van der Waals surface area contributed by atoms with Gasteiger partial charge in [-0.05, 0) is 65.3 Å². The molecule has 168 valence electrons. The summed E-state index contributed by atoms with van der Waals surface area (Å²) in [5.74, 6) is -0.633. The predicted molar refractivity (Wildman–Crippen MR) is 115 cm³/mol. The molecule has 1 amide bonds. The number of ether oxygens (including phenoxy) is 3. The van der Waals surface area contributed by atoms with E-state index in [0.717, 1.165) is 5.56 Å². The summed E-state index contributed by atoms with van der Waals surface area (Å²) in [5, 5.41) is 2.44. The second-order valence-electron chi connectivity index (χ2n) is 8.39. The molecule has 0 aliphatic carbocycles. The number of benzene rings is 2. The summed E-state index contributed by atoms with van der Waals surface area (Å²) in [6.07, 6.45) is -2.46. The highest BCUT2D eigenvalue weighted by molar-refractivity contribution is 5.81. The zero-order valence-electron chi connectivity index (χ0n) is 18.8. The Morgan fingerprint density at radius 2 is 1.68 bits per heavy atom. The first-order chi connectivity index (χ1) is 14.5. The minimum Gasteiger partial charge on any atom is -0.482 e. The molecule has 7 heteroatoms. The minimum absolute atomic E-state index is 0.266. The van der Waals surface area contributed by atoms with Gasteiger partial charge in [0.1, 0.15) is 29.3 Å². The first-order valence-corrected chi connectivity index (χ1v) is 10.1. The number of alkyl carbamates (subject to hydrolysis) is 1. The van der Waals surface area contributed by atoms with Gasteiger partial charge in [-0.1, -0.05) is 30.3 Å². The van der Waals surface area contributed by atoms with Crippen LogP contribution in [0.5, 0.6) is 5.75 Å². The standard InChI is InChI=1S/C24H30FNO5/c1-15-12-13-19(20(25)14-15)21(30-18-10-8-7-9-11-18)17(3)29-22(27)16(2)26-23(28)31-24(4,5)6/h7-14,16-17,21H,1-6H3,(H,26,28)/t16-,17-,21-/m0/s1. The van der Waals surface area contributed by atoms with E-state index < -0.39 is 41.7 Å². The van der Waals surface area contributed by atoms with Gasteiger partial charge < -0.3 is 19.5 Å². The lowest BCUT2D eigenvalue weighted by Crippen LogP contribution is -2.43. The Balaban J connectivity index is 2.15. The molecule has 0 saturated heterocycles. The number of halogens is 1. The van der Waals surface area contributed by atoms with E-state index in [9.17, 15) is 14.0 Å². The average Bonchev–Trinajstić information content (AvgIpc) is 2.65. The van der Waals surface area contributed by atoms with E-state index in [1.165, 1.54) is 13.0 Å². The van der Waals surface area contributed by atoms with E-state index in [4.69, 9.17) is 14.2 Å². The van der Waals surface area contributed by atoms with Crippen LogP contribution in [0, 0.1) is 12.7 Å². The number of carbonyl (C=O) groups is 2. The molecule has 0 fully saturated rings. The molecule has 2 aromatic carbocycles. The Morgan fingerprint density at radius 3 is 2.26 bits per heavy atom. The number of hydrogen-bond acceptors (Lipinski definition) is 5. The first-order valence-electron chi connectivity index (χ1n) is 10.1. The van der Waals surface area contributed by atoms with Crippen LogP contribution in [0.3, 0.4) is 0 Å². The van der Waals surface area contributed by atoms with Crippen molar-refractivity contribution < 1.29 is 28.2 Å². The van der Waals surface area contributed by atoms with E-state index in [2.05, 4.69) is 5.32 Å². The van der Waals surface area contributed by atoms with Crippen LogP contribution in [0.1, 0.15) is 51.8 Å². The monoisotopic (exact) mass is 431 g/mol. The highest BCUT2D eigenvalue weighted by Crippen LogP contribution is 2.29.